The molecule has 2 N–H and O–H groups in total. The normalized spacial score (nSPS) is 11.9. The Morgan fingerprint density at radius 2 is 1.84 bits per heavy atom. The van der Waals surface area contributed by atoms with Crippen LogP contribution in [-0.2, 0) is 17.9 Å². The van der Waals surface area contributed by atoms with Crippen LogP contribution in [0.4, 0.5) is 13.2 Å². The fraction of sp³-hybridized carbons (Fsp3) is 0.174. The van der Waals surface area contributed by atoms with Crippen molar-refractivity contribution in [2.45, 2.75) is 19.5 Å². The summed E-state index contributed by atoms with van der Waals surface area (Å²) >= 11 is 0. The second-order valence-corrected chi connectivity index (χ2v) is 7.04. The molecular formula is C23H18F3N2O3. The Hall–Kier alpha value is -3.52. The molecule has 31 heavy (non-hydrogen) atoms. The molecule has 0 saturated carbocycles. The number of carbonyl (C=O) groups excluding carboxylic acids is 1. The van der Waals surface area contributed by atoms with Crippen molar-refractivity contribution in [1.82, 2.24) is 4.57 Å². The molecule has 0 aliphatic heterocycles. The first-order valence-corrected chi connectivity index (χ1v) is 9.36. The van der Waals surface area contributed by atoms with Crippen molar-refractivity contribution < 1.29 is 27.4 Å². The first-order valence-electron chi connectivity index (χ1n) is 9.36. The lowest BCUT2D eigenvalue weighted by Crippen LogP contribution is -2.17. The Morgan fingerprint density at radius 1 is 1.10 bits per heavy atom. The van der Waals surface area contributed by atoms with Crippen LogP contribution in [-0.4, -0.2) is 23.9 Å². The lowest BCUT2D eigenvalue weighted by molar-refractivity contribution is -0.274. The molecule has 1 aromatic heterocycles. The van der Waals surface area contributed by atoms with Gasteiger partial charge in [-0.25, -0.2) is 0 Å². The van der Waals surface area contributed by atoms with E-state index in [-0.39, 0.29) is 5.75 Å². The van der Waals surface area contributed by atoms with E-state index in [9.17, 15) is 18.0 Å². The van der Waals surface area contributed by atoms with Crippen LogP contribution in [0.2, 0.25) is 0 Å². The van der Waals surface area contributed by atoms with Gasteiger partial charge in [0.25, 0.3) is 0 Å². The van der Waals surface area contributed by atoms with Crippen molar-refractivity contribution in [1.29, 1.82) is 0 Å². The Balaban J connectivity index is 1.84. The zero-order valence-electron chi connectivity index (χ0n) is 16.5. The summed E-state index contributed by atoms with van der Waals surface area (Å²) in [5, 5.41) is 1.42. The molecule has 4 rings (SSSR count). The summed E-state index contributed by atoms with van der Waals surface area (Å²) in [6.07, 6.45) is -4.74. The van der Waals surface area contributed by atoms with Crippen LogP contribution < -0.4 is 10.5 Å². The summed E-state index contributed by atoms with van der Waals surface area (Å²) in [5.74, 6) is -0.835. The van der Waals surface area contributed by atoms with Gasteiger partial charge in [0.2, 0.25) is 5.91 Å². The number of fused-ring (bicyclic) bond motifs is 3. The minimum Gasteiger partial charge on any atom is -0.406 e. The van der Waals surface area contributed by atoms with E-state index in [1.54, 1.807) is 37.4 Å². The van der Waals surface area contributed by atoms with Gasteiger partial charge in [0.05, 0.1) is 17.6 Å². The van der Waals surface area contributed by atoms with Crippen molar-refractivity contribution >= 4 is 27.7 Å². The highest BCUT2D eigenvalue weighted by molar-refractivity contribution is 6.17. The van der Waals surface area contributed by atoms with E-state index in [1.807, 2.05) is 16.7 Å². The van der Waals surface area contributed by atoms with E-state index in [4.69, 9.17) is 10.5 Å². The molecule has 0 atom stereocenters. The van der Waals surface area contributed by atoms with Crippen molar-refractivity contribution in [2.75, 3.05) is 7.11 Å². The highest BCUT2D eigenvalue weighted by Crippen LogP contribution is 2.33. The van der Waals surface area contributed by atoms with Gasteiger partial charge in [-0.1, -0.05) is 18.2 Å². The van der Waals surface area contributed by atoms with Gasteiger partial charge in [0, 0.05) is 30.0 Å². The molecule has 0 aliphatic carbocycles. The molecule has 1 radical (unpaired) electrons. The van der Waals surface area contributed by atoms with Crippen molar-refractivity contribution in [3.63, 3.8) is 0 Å². The number of amides is 1. The zero-order valence-corrected chi connectivity index (χ0v) is 16.5. The summed E-state index contributed by atoms with van der Waals surface area (Å²) in [5.41, 5.74) is 9.21. The van der Waals surface area contributed by atoms with Crippen LogP contribution in [0.15, 0.2) is 54.6 Å². The van der Waals surface area contributed by atoms with Gasteiger partial charge in [-0.05, 0) is 53.6 Å². The molecule has 5 nitrogen and oxygen atoms in total. The molecule has 0 aliphatic rings. The molecule has 1 amide bonds. The van der Waals surface area contributed by atoms with Gasteiger partial charge in [-0.15, -0.1) is 13.2 Å². The number of benzene rings is 3. The maximum atomic E-state index is 12.4. The lowest BCUT2D eigenvalue weighted by atomic mass is 10.0. The predicted molar refractivity (Wildman–Crippen MR) is 110 cm³/mol. The molecule has 3 aromatic carbocycles. The lowest BCUT2D eigenvalue weighted by Gasteiger charge is -2.11. The number of hydrogen-bond acceptors (Lipinski definition) is 3. The van der Waals surface area contributed by atoms with Gasteiger partial charge in [0.15, 0.2) is 0 Å². The van der Waals surface area contributed by atoms with Crippen LogP contribution in [0, 0.1) is 6.07 Å². The maximum absolute atomic E-state index is 12.4. The third-order valence-electron chi connectivity index (χ3n) is 4.93. The quantitative estimate of drug-likeness (QED) is 0.481. The number of hydrogen-bond donors (Lipinski definition) is 1. The Kier molecular flexibility index (Phi) is 5.32. The molecular weight excluding hydrogens is 409 g/mol. The third kappa shape index (κ3) is 4.20. The Morgan fingerprint density at radius 3 is 2.48 bits per heavy atom. The van der Waals surface area contributed by atoms with E-state index in [2.05, 4.69) is 10.8 Å². The minimum absolute atomic E-state index is 0.287. The average Bonchev–Trinajstić information content (AvgIpc) is 3.02. The number of nitrogens with zero attached hydrogens (tertiary/aromatic N) is 1. The number of ether oxygens (including phenoxy) is 2. The molecule has 8 heteroatoms. The Bertz CT molecular complexity index is 1260. The molecule has 0 saturated heterocycles. The highest BCUT2D eigenvalue weighted by atomic mass is 19.4. The first-order chi connectivity index (χ1) is 14.8. The summed E-state index contributed by atoms with van der Waals surface area (Å²) in [6, 6.07) is 17.9. The number of carbonyl (C=O) groups is 1. The van der Waals surface area contributed by atoms with Gasteiger partial charge in [-0.3, -0.25) is 4.79 Å². The van der Waals surface area contributed by atoms with E-state index >= 15 is 0 Å². The maximum Gasteiger partial charge on any atom is 0.573 e. The number of nitrogens with two attached hydrogens (primary N) is 1. The second-order valence-electron chi connectivity index (χ2n) is 7.04. The predicted octanol–water partition coefficient (Wildman–Crippen LogP) is 4.79. The smallest absolute Gasteiger partial charge is 0.406 e. The monoisotopic (exact) mass is 427 g/mol. The molecule has 4 aromatic rings. The first kappa shape index (κ1) is 20.7. The Labute approximate surface area is 175 Å². The van der Waals surface area contributed by atoms with E-state index in [0.717, 1.165) is 27.5 Å². The second kappa shape index (κ2) is 7.96. The van der Waals surface area contributed by atoms with Gasteiger partial charge in [0.1, 0.15) is 5.75 Å². The summed E-state index contributed by atoms with van der Waals surface area (Å²) in [4.78, 5) is 12.0. The average molecular weight is 427 g/mol. The highest BCUT2D eigenvalue weighted by Gasteiger charge is 2.31. The van der Waals surface area contributed by atoms with E-state index < -0.39 is 12.3 Å². The SMILES string of the molecule is COCc1c[c]c2c3c(C(N)=O)cccc3n(Cc3ccc(OC(F)(F)F)cc3)c2c1. The fourth-order valence-corrected chi connectivity index (χ4v) is 3.70. The van der Waals surface area contributed by atoms with E-state index in [1.165, 1.54) is 12.1 Å². The van der Waals surface area contributed by atoms with Gasteiger partial charge >= 0.3 is 6.36 Å². The molecule has 0 fully saturated rings. The minimum atomic E-state index is -4.74. The number of halogens is 3. The van der Waals surface area contributed by atoms with Crippen molar-refractivity contribution in [3.8, 4) is 5.75 Å². The van der Waals surface area contributed by atoms with Crippen LogP contribution in [0.5, 0.6) is 5.75 Å². The van der Waals surface area contributed by atoms with Gasteiger partial charge < -0.3 is 19.8 Å². The summed E-state index contributed by atoms with van der Waals surface area (Å²) in [7, 11) is 1.59. The fourth-order valence-electron chi connectivity index (χ4n) is 3.70. The van der Waals surface area contributed by atoms with Crippen molar-refractivity contribution in [2.24, 2.45) is 5.73 Å². The van der Waals surface area contributed by atoms with Gasteiger partial charge in [-0.2, -0.15) is 0 Å². The summed E-state index contributed by atoms with van der Waals surface area (Å²) in [6.45, 7) is 0.749. The molecule has 1 heterocycles. The topological polar surface area (TPSA) is 66.5 Å². The van der Waals surface area contributed by atoms with Crippen LogP contribution in [0.3, 0.4) is 0 Å². The van der Waals surface area contributed by atoms with E-state index in [0.29, 0.717) is 24.1 Å². The van der Waals surface area contributed by atoms with Crippen LogP contribution in [0.25, 0.3) is 21.8 Å². The molecule has 0 unspecified atom stereocenters. The largest absolute Gasteiger partial charge is 0.573 e. The zero-order chi connectivity index (χ0) is 22.2. The number of alkyl halides is 3. The molecule has 159 valence electrons. The number of rotatable bonds is 6. The van der Waals surface area contributed by atoms with Crippen LogP contribution >= 0.6 is 0 Å². The van der Waals surface area contributed by atoms with Crippen LogP contribution in [0.1, 0.15) is 21.5 Å². The van der Waals surface area contributed by atoms with Crippen molar-refractivity contribution in [3.05, 3.63) is 77.4 Å². The third-order valence-corrected chi connectivity index (χ3v) is 4.93. The molecule has 0 spiro atoms. The number of primary amides is 1. The number of methoxy groups -OCH3 is 1. The number of aromatic nitrogens is 1. The summed E-state index contributed by atoms with van der Waals surface area (Å²) < 4.78 is 48.4. The molecule has 0 bridgehead atoms. The standard InChI is InChI=1S/C23H18F3N2O3/c1-30-13-15-7-10-17-20(11-15)28(19-4-2-3-18(21(17)19)22(27)29)12-14-5-8-16(9-6-14)31-23(24,25)26/h2-9,11H,12-13H2,1H3,(H2,27,29).